The Morgan fingerprint density at radius 3 is 2.31 bits per heavy atom. The van der Waals surface area contributed by atoms with Gasteiger partial charge in [0.25, 0.3) is 0 Å². The fourth-order valence-corrected chi connectivity index (χ4v) is 1.41. The lowest BCUT2D eigenvalue weighted by atomic mass is 10.0. The van der Waals surface area contributed by atoms with Gasteiger partial charge in [-0.1, -0.05) is 13.8 Å². The largest absolute Gasteiger partial charge is 0.508 e. The average molecular weight is 179 g/mol. The molecule has 0 fully saturated rings. The first-order valence-electron chi connectivity index (χ1n) is 4.52. The third-order valence-electron chi connectivity index (χ3n) is 2.11. The molecule has 1 aromatic carbocycles. The van der Waals surface area contributed by atoms with Crippen LogP contribution in [0.2, 0.25) is 0 Å². The van der Waals surface area contributed by atoms with Crippen LogP contribution in [-0.4, -0.2) is 19.2 Å². The number of anilines is 1. The van der Waals surface area contributed by atoms with Gasteiger partial charge in [-0.15, -0.1) is 0 Å². The van der Waals surface area contributed by atoms with E-state index in [1.165, 1.54) is 11.3 Å². The molecule has 1 aromatic rings. The third kappa shape index (κ3) is 2.14. The fraction of sp³-hybridized carbons (Fsp3) is 0.455. The highest BCUT2D eigenvalue weighted by Gasteiger charge is 2.08. The second-order valence-corrected chi connectivity index (χ2v) is 3.79. The molecule has 1 N–H and O–H groups in total. The smallest absolute Gasteiger partial charge is 0.116 e. The van der Waals surface area contributed by atoms with Crippen LogP contribution in [0.15, 0.2) is 18.2 Å². The monoisotopic (exact) mass is 179 g/mol. The van der Waals surface area contributed by atoms with Gasteiger partial charge in [-0.05, 0) is 29.7 Å². The van der Waals surface area contributed by atoms with Gasteiger partial charge < -0.3 is 10.0 Å². The second kappa shape index (κ2) is 3.69. The number of rotatable bonds is 2. The quantitative estimate of drug-likeness (QED) is 0.754. The Morgan fingerprint density at radius 1 is 1.23 bits per heavy atom. The van der Waals surface area contributed by atoms with Crippen molar-refractivity contribution >= 4 is 5.69 Å². The molecule has 1 rings (SSSR count). The molecule has 0 unspecified atom stereocenters. The maximum Gasteiger partial charge on any atom is 0.116 e. The lowest BCUT2D eigenvalue weighted by molar-refractivity contribution is 0.474. The molecule has 13 heavy (non-hydrogen) atoms. The number of hydrogen-bond donors (Lipinski definition) is 1. The van der Waals surface area contributed by atoms with Crippen molar-refractivity contribution < 1.29 is 5.11 Å². The Hall–Kier alpha value is -1.18. The molecule has 2 nitrogen and oxygen atoms in total. The van der Waals surface area contributed by atoms with E-state index in [-0.39, 0.29) is 0 Å². The maximum absolute atomic E-state index is 9.35. The highest BCUT2D eigenvalue weighted by atomic mass is 16.3. The van der Waals surface area contributed by atoms with E-state index >= 15 is 0 Å². The van der Waals surface area contributed by atoms with E-state index in [9.17, 15) is 5.11 Å². The lowest BCUT2D eigenvalue weighted by Gasteiger charge is -2.19. The van der Waals surface area contributed by atoms with Gasteiger partial charge in [-0.2, -0.15) is 0 Å². The molecule has 72 valence electrons. The summed E-state index contributed by atoms with van der Waals surface area (Å²) in [4.78, 5) is 2.06. The van der Waals surface area contributed by atoms with Crippen molar-refractivity contribution in [2.75, 3.05) is 19.0 Å². The van der Waals surface area contributed by atoms with Crippen LogP contribution in [0.5, 0.6) is 5.75 Å². The van der Waals surface area contributed by atoms with Gasteiger partial charge in [0.2, 0.25) is 0 Å². The van der Waals surface area contributed by atoms with E-state index < -0.39 is 0 Å². The highest BCUT2D eigenvalue weighted by Crippen LogP contribution is 2.29. The molecule has 0 saturated carbocycles. The molecule has 0 saturated heterocycles. The summed E-state index contributed by atoms with van der Waals surface area (Å²) in [5.41, 5.74) is 2.36. The van der Waals surface area contributed by atoms with E-state index in [0.717, 1.165) is 0 Å². The van der Waals surface area contributed by atoms with Crippen LogP contribution in [0, 0.1) is 0 Å². The van der Waals surface area contributed by atoms with Gasteiger partial charge in [-0.25, -0.2) is 0 Å². The van der Waals surface area contributed by atoms with Crippen molar-refractivity contribution in [1.29, 1.82) is 0 Å². The van der Waals surface area contributed by atoms with Crippen LogP contribution in [-0.2, 0) is 0 Å². The topological polar surface area (TPSA) is 23.5 Å². The summed E-state index contributed by atoms with van der Waals surface area (Å²) in [5.74, 6) is 0.777. The minimum atomic E-state index is 0.342. The minimum absolute atomic E-state index is 0.342. The normalized spacial score (nSPS) is 10.5. The van der Waals surface area contributed by atoms with Gasteiger partial charge in [0.05, 0.1) is 0 Å². The van der Waals surface area contributed by atoms with E-state index in [4.69, 9.17) is 0 Å². The van der Waals surface area contributed by atoms with Crippen LogP contribution in [0.25, 0.3) is 0 Å². The molecule has 0 atom stereocenters. The Kier molecular flexibility index (Phi) is 2.81. The molecule has 0 aromatic heterocycles. The Bertz CT molecular complexity index is 292. The van der Waals surface area contributed by atoms with Gasteiger partial charge in [0.1, 0.15) is 5.75 Å². The Morgan fingerprint density at radius 2 is 1.85 bits per heavy atom. The van der Waals surface area contributed by atoms with Crippen LogP contribution < -0.4 is 4.90 Å². The van der Waals surface area contributed by atoms with Crippen molar-refractivity contribution in [3.05, 3.63) is 23.8 Å². The van der Waals surface area contributed by atoms with Crippen molar-refractivity contribution in [3.63, 3.8) is 0 Å². The zero-order valence-electron chi connectivity index (χ0n) is 8.70. The van der Waals surface area contributed by atoms with E-state index in [2.05, 4.69) is 18.7 Å². The molecule has 0 aliphatic heterocycles. The lowest BCUT2D eigenvalue weighted by Crippen LogP contribution is -2.11. The SMILES string of the molecule is CC(C)c1cc(O)ccc1N(C)C. The average Bonchev–Trinajstić information content (AvgIpc) is 2.03. The zero-order valence-corrected chi connectivity index (χ0v) is 8.70. The molecule has 0 amide bonds. The molecule has 0 spiro atoms. The Balaban J connectivity index is 3.19. The van der Waals surface area contributed by atoms with Crippen LogP contribution in [0.1, 0.15) is 25.3 Å². The second-order valence-electron chi connectivity index (χ2n) is 3.79. The predicted molar refractivity (Wildman–Crippen MR) is 56.5 cm³/mol. The summed E-state index contributed by atoms with van der Waals surface area (Å²) in [7, 11) is 4.02. The summed E-state index contributed by atoms with van der Waals surface area (Å²) in [6.07, 6.45) is 0. The number of hydrogen-bond acceptors (Lipinski definition) is 2. The van der Waals surface area contributed by atoms with Crippen molar-refractivity contribution in [1.82, 2.24) is 0 Å². The van der Waals surface area contributed by atoms with Crippen molar-refractivity contribution in [2.45, 2.75) is 19.8 Å². The van der Waals surface area contributed by atoms with Gasteiger partial charge in [-0.3, -0.25) is 0 Å². The molecule has 0 aliphatic carbocycles. The molecular formula is C11H17NO. The molecular weight excluding hydrogens is 162 g/mol. The molecule has 0 heterocycles. The van der Waals surface area contributed by atoms with Gasteiger partial charge in [0, 0.05) is 19.8 Å². The summed E-state index contributed by atoms with van der Waals surface area (Å²) >= 11 is 0. The molecule has 0 bridgehead atoms. The summed E-state index contributed by atoms with van der Waals surface area (Å²) in [6, 6.07) is 5.51. The minimum Gasteiger partial charge on any atom is -0.508 e. The Labute approximate surface area is 79.8 Å². The molecule has 0 radical (unpaired) electrons. The van der Waals surface area contributed by atoms with Crippen LogP contribution >= 0.6 is 0 Å². The molecule has 0 aliphatic rings. The molecule has 2 heteroatoms. The first-order valence-corrected chi connectivity index (χ1v) is 4.52. The van der Waals surface area contributed by atoms with E-state index in [0.29, 0.717) is 11.7 Å². The van der Waals surface area contributed by atoms with Gasteiger partial charge >= 0.3 is 0 Å². The third-order valence-corrected chi connectivity index (χ3v) is 2.11. The van der Waals surface area contributed by atoms with E-state index in [1.807, 2.05) is 26.2 Å². The number of phenols is 1. The summed E-state index contributed by atoms with van der Waals surface area (Å²) in [6.45, 7) is 4.25. The number of phenolic OH excluding ortho intramolecular Hbond substituents is 1. The number of nitrogens with zero attached hydrogens (tertiary/aromatic N) is 1. The van der Waals surface area contributed by atoms with Crippen molar-refractivity contribution in [3.8, 4) is 5.75 Å². The first-order chi connectivity index (χ1) is 6.02. The predicted octanol–water partition coefficient (Wildman–Crippen LogP) is 2.58. The number of aromatic hydroxyl groups is 1. The summed E-state index contributed by atoms with van der Waals surface area (Å²) < 4.78 is 0. The van der Waals surface area contributed by atoms with Gasteiger partial charge in [0.15, 0.2) is 0 Å². The van der Waals surface area contributed by atoms with E-state index in [1.54, 1.807) is 6.07 Å². The summed E-state index contributed by atoms with van der Waals surface area (Å²) in [5, 5.41) is 9.35. The van der Waals surface area contributed by atoms with Crippen LogP contribution in [0.4, 0.5) is 5.69 Å². The standard InChI is InChI=1S/C11H17NO/c1-8(2)10-7-9(13)5-6-11(10)12(3)4/h5-8,13H,1-4H3. The zero-order chi connectivity index (χ0) is 10.0. The van der Waals surface area contributed by atoms with Crippen LogP contribution in [0.3, 0.4) is 0 Å². The highest BCUT2D eigenvalue weighted by molar-refractivity contribution is 5.56. The fourth-order valence-electron chi connectivity index (χ4n) is 1.41. The van der Waals surface area contributed by atoms with Crippen molar-refractivity contribution in [2.24, 2.45) is 0 Å². The maximum atomic E-state index is 9.35. The first kappa shape index (κ1) is 9.90. The number of benzene rings is 1.